The molecule has 0 radical (unpaired) electrons. The lowest BCUT2D eigenvalue weighted by Crippen LogP contribution is -2.11. The standard InChI is InChI=1S/C11H10Cl2N2O2S2/c12-7-1-3-9(13)10(5-7)15-19(16,17)11-4-2-8(6-14)18-11/h1-5,15H,6,14H2. The van der Waals surface area contributed by atoms with Crippen LogP contribution in [0.1, 0.15) is 4.88 Å². The second-order valence-corrected chi connectivity index (χ2v) is 7.58. The second-order valence-electron chi connectivity index (χ2n) is 3.65. The van der Waals surface area contributed by atoms with Gasteiger partial charge in [0.15, 0.2) is 0 Å². The van der Waals surface area contributed by atoms with Gasteiger partial charge in [0.25, 0.3) is 10.0 Å². The Labute approximate surface area is 125 Å². The van der Waals surface area contributed by atoms with Crippen molar-refractivity contribution in [1.29, 1.82) is 0 Å². The van der Waals surface area contributed by atoms with Crippen LogP contribution in [-0.2, 0) is 16.6 Å². The minimum absolute atomic E-state index is 0.184. The monoisotopic (exact) mass is 336 g/mol. The lowest BCUT2D eigenvalue weighted by atomic mass is 10.3. The number of nitrogens with two attached hydrogens (primary N) is 1. The maximum absolute atomic E-state index is 12.2. The first-order chi connectivity index (χ1) is 8.92. The first-order valence-corrected chi connectivity index (χ1v) is 8.24. The summed E-state index contributed by atoms with van der Waals surface area (Å²) in [7, 11) is -3.67. The van der Waals surface area contributed by atoms with E-state index >= 15 is 0 Å². The van der Waals surface area contributed by atoms with Gasteiger partial charge in [0.05, 0.1) is 10.7 Å². The van der Waals surface area contributed by atoms with Crippen molar-refractivity contribution in [3.05, 3.63) is 45.3 Å². The Bertz CT molecular complexity index is 698. The van der Waals surface area contributed by atoms with E-state index in [1.807, 2.05) is 0 Å². The van der Waals surface area contributed by atoms with E-state index in [0.717, 1.165) is 16.2 Å². The predicted octanol–water partition coefficient (Wildman–Crippen LogP) is 3.31. The minimum Gasteiger partial charge on any atom is -0.326 e. The van der Waals surface area contributed by atoms with Crippen molar-refractivity contribution in [3.8, 4) is 0 Å². The van der Waals surface area contributed by atoms with E-state index in [0.29, 0.717) is 11.6 Å². The van der Waals surface area contributed by atoms with Crippen LogP contribution < -0.4 is 10.5 Å². The molecule has 3 N–H and O–H groups in total. The fraction of sp³-hybridized carbons (Fsp3) is 0.0909. The highest BCUT2D eigenvalue weighted by Gasteiger charge is 2.18. The van der Waals surface area contributed by atoms with Gasteiger partial charge in [-0.1, -0.05) is 23.2 Å². The van der Waals surface area contributed by atoms with Crippen LogP contribution in [0, 0.1) is 0 Å². The van der Waals surface area contributed by atoms with Gasteiger partial charge in [0, 0.05) is 16.4 Å². The Morgan fingerprint density at radius 2 is 1.95 bits per heavy atom. The van der Waals surface area contributed by atoms with E-state index in [-0.39, 0.29) is 14.9 Å². The highest BCUT2D eigenvalue weighted by Crippen LogP contribution is 2.29. The Balaban J connectivity index is 2.33. The van der Waals surface area contributed by atoms with Crippen molar-refractivity contribution in [1.82, 2.24) is 0 Å². The first kappa shape index (κ1) is 14.6. The maximum Gasteiger partial charge on any atom is 0.271 e. The van der Waals surface area contributed by atoms with Crippen LogP contribution in [0.4, 0.5) is 5.69 Å². The molecule has 102 valence electrons. The number of hydrogen-bond donors (Lipinski definition) is 2. The lowest BCUT2D eigenvalue weighted by molar-refractivity contribution is 0.603. The van der Waals surface area contributed by atoms with Gasteiger partial charge in [-0.15, -0.1) is 11.3 Å². The number of sulfonamides is 1. The zero-order valence-corrected chi connectivity index (χ0v) is 12.7. The third-order valence-corrected chi connectivity index (χ3v) is 5.81. The largest absolute Gasteiger partial charge is 0.326 e. The van der Waals surface area contributed by atoms with Gasteiger partial charge in [-0.3, -0.25) is 4.72 Å². The zero-order valence-electron chi connectivity index (χ0n) is 9.56. The van der Waals surface area contributed by atoms with Crippen LogP contribution >= 0.6 is 34.5 Å². The van der Waals surface area contributed by atoms with Crippen molar-refractivity contribution in [2.75, 3.05) is 4.72 Å². The topological polar surface area (TPSA) is 72.2 Å². The number of halogens is 2. The van der Waals surface area contributed by atoms with Crippen molar-refractivity contribution >= 4 is 50.2 Å². The molecule has 0 aliphatic rings. The SMILES string of the molecule is NCc1ccc(S(=O)(=O)Nc2cc(Cl)ccc2Cl)s1. The molecule has 0 aliphatic carbocycles. The van der Waals surface area contributed by atoms with Crippen LogP contribution in [0.3, 0.4) is 0 Å². The van der Waals surface area contributed by atoms with Gasteiger partial charge < -0.3 is 5.73 Å². The fourth-order valence-electron chi connectivity index (χ4n) is 1.38. The fourth-order valence-corrected chi connectivity index (χ4v) is 4.08. The van der Waals surface area contributed by atoms with Crippen LogP contribution in [0.2, 0.25) is 10.0 Å². The zero-order chi connectivity index (χ0) is 14.0. The quantitative estimate of drug-likeness (QED) is 0.899. The molecule has 2 rings (SSSR count). The minimum atomic E-state index is -3.67. The van der Waals surface area contributed by atoms with Crippen molar-refractivity contribution < 1.29 is 8.42 Å². The summed E-state index contributed by atoms with van der Waals surface area (Å²) in [5, 5.41) is 0.680. The summed E-state index contributed by atoms with van der Waals surface area (Å²) in [4.78, 5) is 0.789. The summed E-state index contributed by atoms with van der Waals surface area (Å²) in [6, 6.07) is 7.76. The van der Waals surface area contributed by atoms with Crippen molar-refractivity contribution in [3.63, 3.8) is 0 Å². The molecule has 0 fully saturated rings. The van der Waals surface area contributed by atoms with Gasteiger partial charge in [0.1, 0.15) is 4.21 Å². The van der Waals surface area contributed by atoms with E-state index in [4.69, 9.17) is 28.9 Å². The van der Waals surface area contributed by atoms with Gasteiger partial charge in [-0.2, -0.15) is 0 Å². The predicted molar refractivity (Wildman–Crippen MR) is 79.5 cm³/mol. The van der Waals surface area contributed by atoms with E-state index in [1.165, 1.54) is 18.2 Å². The molecule has 0 unspecified atom stereocenters. The molecule has 0 saturated heterocycles. The summed E-state index contributed by atoms with van der Waals surface area (Å²) in [5.74, 6) is 0. The molecule has 1 aromatic heterocycles. The van der Waals surface area contributed by atoms with E-state index in [9.17, 15) is 8.42 Å². The number of thiophene rings is 1. The van der Waals surface area contributed by atoms with Gasteiger partial charge in [0.2, 0.25) is 0 Å². The molecule has 0 saturated carbocycles. The van der Waals surface area contributed by atoms with Crippen molar-refractivity contribution in [2.24, 2.45) is 5.73 Å². The van der Waals surface area contributed by atoms with Crippen LogP contribution in [0.5, 0.6) is 0 Å². The van der Waals surface area contributed by atoms with Crippen LogP contribution in [0.25, 0.3) is 0 Å². The summed E-state index contributed by atoms with van der Waals surface area (Å²) in [5.41, 5.74) is 5.71. The molecule has 0 bridgehead atoms. The maximum atomic E-state index is 12.2. The summed E-state index contributed by atoms with van der Waals surface area (Å²) in [6.45, 7) is 0.304. The highest BCUT2D eigenvalue weighted by atomic mass is 35.5. The van der Waals surface area contributed by atoms with Crippen molar-refractivity contribution in [2.45, 2.75) is 10.8 Å². The molecular weight excluding hydrogens is 327 g/mol. The van der Waals surface area contributed by atoms with E-state index < -0.39 is 10.0 Å². The van der Waals surface area contributed by atoms with Gasteiger partial charge in [-0.05, 0) is 30.3 Å². The molecule has 19 heavy (non-hydrogen) atoms. The number of hydrogen-bond acceptors (Lipinski definition) is 4. The number of rotatable bonds is 4. The Kier molecular flexibility index (Phi) is 4.37. The Morgan fingerprint density at radius 3 is 2.58 bits per heavy atom. The lowest BCUT2D eigenvalue weighted by Gasteiger charge is -2.08. The van der Waals surface area contributed by atoms with Gasteiger partial charge in [-0.25, -0.2) is 8.42 Å². The first-order valence-electron chi connectivity index (χ1n) is 5.19. The number of nitrogens with one attached hydrogen (secondary N) is 1. The molecule has 0 spiro atoms. The molecule has 0 aliphatic heterocycles. The number of benzene rings is 1. The smallest absolute Gasteiger partial charge is 0.271 e. The average molecular weight is 337 g/mol. The number of anilines is 1. The Morgan fingerprint density at radius 1 is 1.21 bits per heavy atom. The normalized spacial score (nSPS) is 11.5. The molecule has 1 aromatic carbocycles. The molecule has 0 atom stereocenters. The summed E-state index contributed by atoms with van der Waals surface area (Å²) >= 11 is 12.8. The van der Waals surface area contributed by atoms with Crippen LogP contribution in [-0.4, -0.2) is 8.42 Å². The molecule has 2 aromatic rings. The molecule has 8 heteroatoms. The molecule has 1 heterocycles. The molecule has 0 amide bonds. The van der Waals surface area contributed by atoms with Crippen LogP contribution in [0.15, 0.2) is 34.5 Å². The Hall–Kier alpha value is -0.790. The molecule has 4 nitrogen and oxygen atoms in total. The van der Waals surface area contributed by atoms with Gasteiger partial charge >= 0.3 is 0 Å². The molecular formula is C11H10Cl2N2O2S2. The summed E-state index contributed by atoms with van der Waals surface area (Å²) in [6.07, 6.45) is 0. The van der Waals surface area contributed by atoms with E-state index in [1.54, 1.807) is 12.1 Å². The van der Waals surface area contributed by atoms with E-state index in [2.05, 4.69) is 4.72 Å². The average Bonchev–Trinajstić information content (AvgIpc) is 2.83. The summed E-state index contributed by atoms with van der Waals surface area (Å²) < 4.78 is 26.9. The second kappa shape index (κ2) is 5.68. The third-order valence-electron chi connectivity index (χ3n) is 2.28. The highest BCUT2D eigenvalue weighted by molar-refractivity contribution is 7.94. The third kappa shape index (κ3) is 3.40.